The topological polar surface area (TPSA) is 22.1 Å². The summed E-state index contributed by atoms with van der Waals surface area (Å²) in [6, 6.07) is 6.16. The summed E-state index contributed by atoms with van der Waals surface area (Å²) in [6.45, 7) is 0. The number of benzene rings is 1. The standard InChI is InChI=1S/C11H8F3NO/c1-16-9-6-15-10(11(12,13)14)8-5-3-2-4-7(8)9/h2-6H,1H3. The van der Waals surface area contributed by atoms with Gasteiger partial charge in [-0.15, -0.1) is 0 Å². The van der Waals surface area contributed by atoms with Gasteiger partial charge < -0.3 is 4.74 Å². The van der Waals surface area contributed by atoms with Gasteiger partial charge in [-0.25, -0.2) is 4.98 Å². The third-order valence-corrected chi connectivity index (χ3v) is 2.25. The molecule has 2 nitrogen and oxygen atoms in total. The summed E-state index contributed by atoms with van der Waals surface area (Å²) in [5.74, 6) is 0.337. The number of rotatable bonds is 1. The van der Waals surface area contributed by atoms with Gasteiger partial charge in [0.05, 0.1) is 13.3 Å². The average molecular weight is 227 g/mol. The zero-order valence-corrected chi connectivity index (χ0v) is 8.38. The Morgan fingerprint density at radius 1 is 1.12 bits per heavy atom. The second kappa shape index (κ2) is 3.66. The van der Waals surface area contributed by atoms with E-state index in [1.807, 2.05) is 0 Å². The zero-order chi connectivity index (χ0) is 11.8. The van der Waals surface area contributed by atoms with Crippen LogP contribution in [0.25, 0.3) is 10.8 Å². The number of alkyl halides is 3. The Morgan fingerprint density at radius 3 is 2.31 bits per heavy atom. The van der Waals surface area contributed by atoms with Gasteiger partial charge in [-0.2, -0.15) is 13.2 Å². The van der Waals surface area contributed by atoms with Crippen molar-refractivity contribution in [3.63, 3.8) is 0 Å². The van der Waals surface area contributed by atoms with Crippen LogP contribution < -0.4 is 4.74 Å². The highest BCUT2D eigenvalue weighted by Gasteiger charge is 2.34. The van der Waals surface area contributed by atoms with Crippen LogP contribution in [-0.2, 0) is 6.18 Å². The maximum atomic E-state index is 12.7. The van der Waals surface area contributed by atoms with Gasteiger partial charge in [0.1, 0.15) is 5.75 Å². The van der Waals surface area contributed by atoms with Crippen LogP contribution >= 0.6 is 0 Å². The number of nitrogens with zero attached hydrogens (tertiary/aromatic N) is 1. The molecule has 0 aliphatic rings. The van der Waals surface area contributed by atoms with Crippen LogP contribution in [0.5, 0.6) is 5.75 Å². The van der Waals surface area contributed by atoms with E-state index in [0.717, 1.165) is 6.20 Å². The number of hydrogen-bond acceptors (Lipinski definition) is 2. The molecule has 0 amide bonds. The molecule has 1 aromatic heterocycles. The van der Waals surface area contributed by atoms with Crippen LogP contribution in [0.1, 0.15) is 5.69 Å². The maximum absolute atomic E-state index is 12.7. The molecular formula is C11H8F3NO. The second-order valence-electron chi connectivity index (χ2n) is 3.22. The maximum Gasteiger partial charge on any atom is 0.433 e. The number of methoxy groups -OCH3 is 1. The van der Waals surface area contributed by atoms with Gasteiger partial charge in [-0.3, -0.25) is 0 Å². The highest BCUT2D eigenvalue weighted by atomic mass is 19.4. The van der Waals surface area contributed by atoms with Crippen molar-refractivity contribution in [2.45, 2.75) is 6.18 Å². The Balaban J connectivity index is 2.80. The first-order chi connectivity index (χ1) is 7.54. The van der Waals surface area contributed by atoms with Crippen molar-refractivity contribution in [1.82, 2.24) is 4.98 Å². The molecule has 0 N–H and O–H groups in total. The number of halogens is 3. The number of fused-ring (bicyclic) bond motifs is 1. The molecule has 0 spiro atoms. The van der Waals surface area contributed by atoms with Crippen molar-refractivity contribution < 1.29 is 17.9 Å². The molecule has 0 saturated heterocycles. The summed E-state index contributed by atoms with van der Waals surface area (Å²) in [7, 11) is 1.40. The fraction of sp³-hybridized carbons (Fsp3) is 0.182. The van der Waals surface area contributed by atoms with Crippen LogP contribution in [0.15, 0.2) is 30.5 Å². The van der Waals surface area contributed by atoms with Crippen molar-refractivity contribution in [3.05, 3.63) is 36.2 Å². The molecule has 5 heteroatoms. The molecule has 0 fully saturated rings. The summed E-state index contributed by atoms with van der Waals surface area (Å²) < 4.78 is 42.9. The van der Waals surface area contributed by atoms with Crippen LogP contribution in [0.3, 0.4) is 0 Å². The van der Waals surface area contributed by atoms with Gasteiger partial charge in [0, 0.05) is 10.8 Å². The summed E-state index contributed by atoms with van der Waals surface area (Å²) in [5, 5.41) is 0.460. The highest BCUT2D eigenvalue weighted by Crippen LogP contribution is 2.35. The molecule has 16 heavy (non-hydrogen) atoms. The largest absolute Gasteiger partial charge is 0.494 e. The van der Waals surface area contributed by atoms with E-state index < -0.39 is 11.9 Å². The normalized spacial score (nSPS) is 11.8. The van der Waals surface area contributed by atoms with Crippen molar-refractivity contribution in [2.24, 2.45) is 0 Å². The fourth-order valence-corrected chi connectivity index (χ4v) is 1.56. The van der Waals surface area contributed by atoms with Crippen LogP contribution in [0.4, 0.5) is 13.2 Å². The Kier molecular flexibility index (Phi) is 2.46. The number of hydrogen-bond donors (Lipinski definition) is 0. The first-order valence-electron chi connectivity index (χ1n) is 4.53. The third kappa shape index (κ3) is 1.68. The lowest BCUT2D eigenvalue weighted by Gasteiger charge is -2.11. The van der Waals surface area contributed by atoms with E-state index in [-0.39, 0.29) is 5.39 Å². The average Bonchev–Trinajstić information content (AvgIpc) is 2.26. The molecule has 1 heterocycles. The molecule has 84 valence electrons. The Hall–Kier alpha value is -1.78. The molecule has 0 radical (unpaired) electrons. The molecule has 1 aromatic carbocycles. The van der Waals surface area contributed by atoms with E-state index in [1.165, 1.54) is 13.2 Å². The van der Waals surface area contributed by atoms with Crippen LogP contribution in [-0.4, -0.2) is 12.1 Å². The predicted molar refractivity (Wildman–Crippen MR) is 53.3 cm³/mol. The number of aromatic nitrogens is 1. The van der Waals surface area contributed by atoms with Gasteiger partial charge in [0.15, 0.2) is 5.69 Å². The van der Waals surface area contributed by atoms with E-state index in [4.69, 9.17) is 4.74 Å². The van der Waals surface area contributed by atoms with E-state index in [2.05, 4.69) is 4.98 Å². The quantitative estimate of drug-likeness (QED) is 0.745. The van der Waals surface area contributed by atoms with Gasteiger partial charge in [-0.05, 0) is 0 Å². The summed E-state index contributed by atoms with van der Waals surface area (Å²) in [6.07, 6.45) is -3.36. The van der Waals surface area contributed by atoms with Gasteiger partial charge in [0.2, 0.25) is 0 Å². The van der Waals surface area contributed by atoms with Gasteiger partial charge in [-0.1, -0.05) is 24.3 Å². The highest BCUT2D eigenvalue weighted by molar-refractivity contribution is 5.90. The molecule has 0 saturated carbocycles. The lowest BCUT2D eigenvalue weighted by molar-refractivity contribution is -0.139. The monoisotopic (exact) mass is 227 g/mol. The van der Waals surface area contributed by atoms with Crippen molar-refractivity contribution in [1.29, 1.82) is 0 Å². The molecule has 2 rings (SSSR count). The first kappa shape index (κ1) is 10.7. The Bertz CT molecular complexity index is 522. The van der Waals surface area contributed by atoms with Crippen molar-refractivity contribution in [2.75, 3.05) is 7.11 Å². The summed E-state index contributed by atoms with van der Waals surface area (Å²) >= 11 is 0. The molecule has 0 atom stereocenters. The van der Waals surface area contributed by atoms with E-state index in [0.29, 0.717) is 11.1 Å². The predicted octanol–water partition coefficient (Wildman–Crippen LogP) is 3.26. The van der Waals surface area contributed by atoms with E-state index >= 15 is 0 Å². The number of ether oxygens (including phenoxy) is 1. The molecular weight excluding hydrogens is 219 g/mol. The van der Waals surface area contributed by atoms with Crippen molar-refractivity contribution in [3.8, 4) is 5.75 Å². The minimum atomic E-state index is -4.45. The van der Waals surface area contributed by atoms with Crippen LogP contribution in [0, 0.1) is 0 Å². The molecule has 2 aromatic rings. The lowest BCUT2D eigenvalue weighted by Crippen LogP contribution is -2.08. The summed E-state index contributed by atoms with van der Waals surface area (Å²) in [4.78, 5) is 3.40. The molecule has 0 aliphatic carbocycles. The third-order valence-electron chi connectivity index (χ3n) is 2.25. The Labute approximate surface area is 89.7 Å². The van der Waals surface area contributed by atoms with E-state index in [1.54, 1.807) is 18.2 Å². The lowest BCUT2D eigenvalue weighted by atomic mass is 10.1. The first-order valence-corrected chi connectivity index (χ1v) is 4.53. The van der Waals surface area contributed by atoms with Crippen LogP contribution in [0.2, 0.25) is 0 Å². The minimum Gasteiger partial charge on any atom is -0.494 e. The van der Waals surface area contributed by atoms with Gasteiger partial charge >= 0.3 is 6.18 Å². The second-order valence-corrected chi connectivity index (χ2v) is 3.22. The van der Waals surface area contributed by atoms with Crippen molar-refractivity contribution >= 4 is 10.8 Å². The molecule has 0 unspecified atom stereocenters. The Morgan fingerprint density at radius 2 is 1.75 bits per heavy atom. The summed E-state index contributed by atoms with van der Waals surface area (Å²) in [5.41, 5.74) is -0.885. The molecule has 0 bridgehead atoms. The minimum absolute atomic E-state index is 0.0503. The van der Waals surface area contributed by atoms with E-state index in [9.17, 15) is 13.2 Å². The van der Waals surface area contributed by atoms with Gasteiger partial charge in [0.25, 0.3) is 0 Å². The zero-order valence-electron chi connectivity index (χ0n) is 8.38. The SMILES string of the molecule is COc1cnc(C(F)(F)F)c2ccccc12. The smallest absolute Gasteiger partial charge is 0.433 e. The fourth-order valence-electron chi connectivity index (χ4n) is 1.56. The number of pyridine rings is 1. The molecule has 0 aliphatic heterocycles.